The van der Waals surface area contributed by atoms with Gasteiger partial charge in [0.15, 0.2) is 0 Å². The molecule has 15 heavy (non-hydrogen) atoms. The van der Waals surface area contributed by atoms with Gasteiger partial charge in [-0.05, 0) is 31.1 Å². The average Bonchev–Trinajstić information content (AvgIpc) is 2.61. The van der Waals surface area contributed by atoms with E-state index in [1.807, 2.05) is 0 Å². The minimum Gasteiger partial charge on any atom is -0.396 e. The Labute approximate surface area is 92.3 Å². The lowest BCUT2D eigenvalue weighted by molar-refractivity contribution is -0.121. The summed E-state index contributed by atoms with van der Waals surface area (Å²) in [7, 11) is 0. The van der Waals surface area contributed by atoms with E-state index in [1.54, 1.807) is 0 Å². The molecule has 0 aliphatic heterocycles. The second kappa shape index (κ2) is 6.83. The Morgan fingerprint density at radius 2 is 2.20 bits per heavy atom. The smallest absolute Gasteiger partial charge is 0.220 e. The van der Waals surface area contributed by atoms with E-state index >= 15 is 0 Å². The van der Waals surface area contributed by atoms with Crippen LogP contribution in [0.2, 0.25) is 0 Å². The van der Waals surface area contributed by atoms with Gasteiger partial charge in [-0.1, -0.05) is 19.8 Å². The molecule has 3 heteroatoms. The van der Waals surface area contributed by atoms with Gasteiger partial charge < -0.3 is 10.4 Å². The molecule has 2 unspecified atom stereocenters. The maximum Gasteiger partial charge on any atom is 0.220 e. The Balaban J connectivity index is 2.05. The summed E-state index contributed by atoms with van der Waals surface area (Å²) in [5, 5.41) is 11.6. The topological polar surface area (TPSA) is 49.3 Å². The summed E-state index contributed by atoms with van der Waals surface area (Å²) < 4.78 is 0. The lowest BCUT2D eigenvalue weighted by atomic mass is 9.98. The van der Waals surface area contributed by atoms with E-state index in [4.69, 9.17) is 5.11 Å². The van der Waals surface area contributed by atoms with E-state index in [-0.39, 0.29) is 12.5 Å². The van der Waals surface area contributed by atoms with E-state index in [1.165, 1.54) is 19.3 Å². The fraction of sp³-hybridized carbons (Fsp3) is 0.917. The third-order valence-corrected chi connectivity index (χ3v) is 3.41. The third-order valence-electron chi connectivity index (χ3n) is 3.41. The highest BCUT2D eigenvalue weighted by atomic mass is 16.2. The first-order chi connectivity index (χ1) is 7.24. The summed E-state index contributed by atoms with van der Waals surface area (Å²) in [6.07, 6.45) is 5.97. The zero-order chi connectivity index (χ0) is 11.1. The third kappa shape index (κ3) is 4.65. The summed E-state index contributed by atoms with van der Waals surface area (Å²) in [5.41, 5.74) is 0. The molecular formula is C12H23NO2. The van der Waals surface area contributed by atoms with Crippen molar-refractivity contribution in [3.63, 3.8) is 0 Å². The van der Waals surface area contributed by atoms with Crippen LogP contribution in [0.25, 0.3) is 0 Å². The zero-order valence-corrected chi connectivity index (χ0v) is 9.67. The zero-order valence-electron chi connectivity index (χ0n) is 9.67. The SMILES string of the molecule is CC1CCCC1CNC(=O)CCCCO. The first-order valence-electron chi connectivity index (χ1n) is 6.11. The summed E-state index contributed by atoms with van der Waals surface area (Å²) >= 11 is 0. The van der Waals surface area contributed by atoms with Gasteiger partial charge in [0, 0.05) is 19.6 Å². The number of rotatable bonds is 6. The molecule has 0 heterocycles. The summed E-state index contributed by atoms with van der Waals surface area (Å²) in [6, 6.07) is 0. The highest BCUT2D eigenvalue weighted by molar-refractivity contribution is 5.75. The number of amides is 1. The fourth-order valence-electron chi connectivity index (χ4n) is 2.26. The first kappa shape index (κ1) is 12.5. The predicted molar refractivity (Wildman–Crippen MR) is 60.5 cm³/mol. The van der Waals surface area contributed by atoms with Crippen LogP contribution in [0.1, 0.15) is 45.4 Å². The van der Waals surface area contributed by atoms with Gasteiger partial charge in [0.2, 0.25) is 5.91 Å². The Kier molecular flexibility index (Phi) is 5.69. The van der Waals surface area contributed by atoms with Crippen LogP contribution in [0.4, 0.5) is 0 Å². The van der Waals surface area contributed by atoms with Crippen LogP contribution in [0.15, 0.2) is 0 Å². The maximum atomic E-state index is 11.4. The molecule has 2 N–H and O–H groups in total. The van der Waals surface area contributed by atoms with Crippen molar-refractivity contribution in [2.45, 2.75) is 45.4 Å². The molecular weight excluding hydrogens is 190 g/mol. The van der Waals surface area contributed by atoms with E-state index in [9.17, 15) is 4.79 Å². The van der Waals surface area contributed by atoms with E-state index in [0.29, 0.717) is 12.3 Å². The highest BCUT2D eigenvalue weighted by Crippen LogP contribution is 2.30. The molecule has 1 saturated carbocycles. The second-order valence-electron chi connectivity index (χ2n) is 4.65. The summed E-state index contributed by atoms with van der Waals surface area (Å²) in [5.74, 6) is 1.59. The fourth-order valence-corrected chi connectivity index (χ4v) is 2.26. The minimum atomic E-state index is 0.141. The van der Waals surface area contributed by atoms with E-state index < -0.39 is 0 Å². The van der Waals surface area contributed by atoms with Crippen molar-refractivity contribution in [3.8, 4) is 0 Å². The molecule has 3 nitrogen and oxygen atoms in total. The molecule has 0 spiro atoms. The standard InChI is InChI=1S/C12H23NO2/c1-10-5-4-6-11(10)9-13-12(15)7-2-3-8-14/h10-11,14H,2-9H2,1H3,(H,13,15). The molecule has 0 aromatic rings. The van der Waals surface area contributed by atoms with Gasteiger partial charge in [-0.25, -0.2) is 0 Å². The number of nitrogens with one attached hydrogen (secondary N) is 1. The van der Waals surface area contributed by atoms with E-state index in [0.717, 1.165) is 25.3 Å². The number of hydrogen-bond donors (Lipinski definition) is 2. The number of hydrogen-bond acceptors (Lipinski definition) is 2. The van der Waals surface area contributed by atoms with Crippen LogP contribution in [0, 0.1) is 11.8 Å². The monoisotopic (exact) mass is 213 g/mol. The molecule has 0 saturated heterocycles. The summed E-state index contributed by atoms with van der Waals surface area (Å²) in [4.78, 5) is 11.4. The second-order valence-corrected chi connectivity index (χ2v) is 4.65. The van der Waals surface area contributed by atoms with Crippen molar-refractivity contribution in [2.24, 2.45) is 11.8 Å². The summed E-state index contributed by atoms with van der Waals surface area (Å²) in [6.45, 7) is 3.31. The lowest BCUT2D eigenvalue weighted by Crippen LogP contribution is -2.30. The van der Waals surface area contributed by atoms with Crippen molar-refractivity contribution in [1.82, 2.24) is 5.32 Å². The molecule has 0 aromatic carbocycles. The molecule has 1 fully saturated rings. The van der Waals surface area contributed by atoms with Gasteiger partial charge in [0.05, 0.1) is 0 Å². The van der Waals surface area contributed by atoms with Crippen molar-refractivity contribution in [3.05, 3.63) is 0 Å². The van der Waals surface area contributed by atoms with Crippen molar-refractivity contribution < 1.29 is 9.90 Å². The van der Waals surface area contributed by atoms with Crippen LogP contribution in [0.5, 0.6) is 0 Å². The Bertz CT molecular complexity index is 194. The number of carbonyl (C=O) groups is 1. The molecule has 1 amide bonds. The molecule has 2 atom stereocenters. The van der Waals surface area contributed by atoms with Crippen LogP contribution >= 0.6 is 0 Å². The normalized spacial score (nSPS) is 25.5. The largest absolute Gasteiger partial charge is 0.396 e. The van der Waals surface area contributed by atoms with Crippen LogP contribution in [0.3, 0.4) is 0 Å². The predicted octanol–water partition coefficient (Wildman–Crippen LogP) is 1.70. The van der Waals surface area contributed by atoms with E-state index in [2.05, 4.69) is 12.2 Å². The molecule has 88 valence electrons. The maximum absolute atomic E-state index is 11.4. The Morgan fingerprint density at radius 3 is 2.80 bits per heavy atom. The number of aliphatic hydroxyl groups excluding tert-OH is 1. The van der Waals surface area contributed by atoms with Crippen molar-refractivity contribution in [2.75, 3.05) is 13.2 Å². The number of aliphatic hydroxyl groups is 1. The van der Waals surface area contributed by atoms with Crippen LogP contribution in [-0.2, 0) is 4.79 Å². The number of carbonyl (C=O) groups excluding carboxylic acids is 1. The van der Waals surface area contributed by atoms with Gasteiger partial charge in [0.25, 0.3) is 0 Å². The molecule has 0 aromatic heterocycles. The highest BCUT2D eigenvalue weighted by Gasteiger charge is 2.23. The van der Waals surface area contributed by atoms with Crippen LogP contribution in [-0.4, -0.2) is 24.2 Å². The molecule has 0 radical (unpaired) electrons. The van der Waals surface area contributed by atoms with Crippen LogP contribution < -0.4 is 5.32 Å². The minimum absolute atomic E-state index is 0.141. The lowest BCUT2D eigenvalue weighted by Gasteiger charge is -2.15. The Hall–Kier alpha value is -0.570. The average molecular weight is 213 g/mol. The Morgan fingerprint density at radius 1 is 1.40 bits per heavy atom. The number of unbranched alkanes of at least 4 members (excludes halogenated alkanes) is 1. The van der Waals surface area contributed by atoms with Crippen molar-refractivity contribution >= 4 is 5.91 Å². The molecule has 1 aliphatic rings. The van der Waals surface area contributed by atoms with Crippen molar-refractivity contribution in [1.29, 1.82) is 0 Å². The molecule has 1 aliphatic carbocycles. The first-order valence-corrected chi connectivity index (χ1v) is 6.11. The van der Waals surface area contributed by atoms with Gasteiger partial charge in [0.1, 0.15) is 0 Å². The van der Waals surface area contributed by atoms with Gasteiger partial charge >= 0.3 is 0 Å². The van der Waals surface area contributed by atoms with Gasteiger partial charge in [-0.15, -0.1) is 0 Å². The van der Waals surface area contributed by atoms with Gasteiger partial charge in [-0.3, -0.25) is 4.79 Å². The van der Waals surface area contributed by atoms with Gasteiger partial charge in [-0.2, -0.15) is 0 Å². The molecule has 1 rings (SSSR count). The molecule has 0 bridgehead atoms. The quantitative estimate of drug-likeness (QED) is 0.660.